The molecule has 1 saturated heterocycles. The van der Waals surface area contributed by atoms with Crippen LogP contribution in [0.15, 0.2) is 53.0 Å². The molecule has 0 N–H and O–H groups in total. The van der Waals surface area contributed by atoms with Gasteiger partial charge < -0.3 is 14.2 Å². The minimum atomic E-state index is -0.840. The first kappa shape index (κ1) is 26.1. The van der Waals surface area contributed by atoms with Crippen LogP contribution in [0.5, 0.6) is 5.75 Å². The first-order valence-electron chi connectivity index (χ1n) is 11.1. The Morgan fingerprint density at radius 2 is 1.47 bits per heavy atom. The van der Waals surface area contributed by atoms with Crippen LogP contribution in [0.4, 0.5) is 17.6 Å². The fraction of sp³-hybridized carbons (Fsp3) is 0.269. The molecule has 0 radical (unpaired) electrons. The highest BCUT2D eigenvalue weighted by atomic mass is 79.9. The summed E-state index contributed by atoms with van der Waals surface area (Å²) >= 11 is 3.48. The predicted molar refractivity (Wildman–Crippen MR) is 126 cm³/mol. The van der Waals surface area contributed by atoms with E-state index in [9.17, 15) is 22.4 Å². The summed E-state index contributed by atoms with van der Waals surface area (Å²) in [6.07, 6.45) is 0. The fourth-order valence-electron chi connectivity index (χ4n) is 3.65. The van der Waals surface area contributed by atoms with Crippen molar-refractivity contribution < 1.29 is 36.6 Å². The quantitative estimate of drug-likeness (QED) is 0.255. The Morgan fingerprint density at radius 1 is 0.861 bits per heavy atom. The van der Waals surface area contributed by atoms with E-state index in [1.165, 1.54) is 18.2 Å². The van der Waals surface area contributed by atoms with Crippen molar-refractivity contribution in [3.63, 3.8) is 0 Å². The summed E-state index contributed by atoms with van der Waals surface area (Å²) < 4.78 is 71.6. The molecule has 4 rings (SSSR count). The van der Waals surface area contributed by atoms with E-state index in [2.05, 4.69) is 20.8 Å². The van der Waals surface area contributed by atoms with Gasteiger partial charge >= 0.3 is 5.97 Å². The van der Waals surface area contributed by atoms with Crippen LogP contribution in [0.3, 0.4) is 0 Å². The van der Waals surface area contributed by atoms with Crippen LogP contribution in [0, 0.1) is 23.3 Å². The number of benzene rings is 3. The number of carbonyl (C=O) groups excluding carboxylic acids is 1. The number of esters is 1. The lowest BCUT2D eigenvalue weighted by atomic mass is 10.1. The van der Waals surface area contributed by atoms with E-state index < -0.39 is 35.8 Å². The summed E-state index contributed by atoms with van der Waals surface area (Å²) in [6.45, 7) is 2.53. The van der Waals surface area contributed by atoms with Crippen molar-refractivity contribution in [1.29, 1.82) is 0 Å². The lowest BCUT2D eigenvalue weighted by Crippen LogP contribution is -2.35. The fourth-order valence-corrected chi connectivity index (χ4v) is 4.12. The van der Waals surface area contributed by atoms with Crippen LogP contribution in [0.2, 0.25) is 0 Å². The summed E-state index contributed by atoms with van der Waals surface area (Å²) in [5, 5.41) is 0. The van der Waals surface area contributed by atoms with Crippen molar-refractivity contribution in [2.75, 3.05) is 26.3 Å². The Kier molecular flexibility index (Phi) is 8.60. The van der Waals surface area contributed by atoms with Gasteiger partial charge in [0.05, 0.1) is 13.2 Å². The lowest BCUT2D eigenvalue weighted by Gasteiger charge is -2.27. The second-order valence-corrected chi connectivity index (χ2v) is 9.02. The van der Waals surface area contributed by atoms with Gasteiger partial charge in [-0.2, -0.15) is 0 Å². The zero-order chi connectivity index (χ0) is 25.7. The molecule has 1 fully saturated rings. The zero-order valence-corrected chi connectivity index (χ0v) is 20.6. The topological polar surface area (TPSA) is 48.0 Å². The normalized spacial score (nSPS) is 14.0. The molecule has 3 aromatic rings. The summed E-state index contributed by atoms with van der Waals surface area (Å²) in [5.74, 6) is -3.78. The number of nitrogens with zero attached hydrogens (tertiary/aromatic N) is 1. The minimum absolute atomic E-state index is 0.00334. The van der Waals surface area contributed by atoms with E-state index in [1.807, 2.05) is 0 Å². The van der Waals surface area contributed by atoms with Gasteiger partial charge in [-0.1, -0.05) is 15.9 Å². The van der Waals surface area contributed by atoms with Gasteiger partial charge in [-0.05, 0) is 42.0 Å². The van der Waals surface area contributed by atoms with Gasteiger partial charge in [0.15, 0.2) is 0 Å². The molecule has 36 heavy (non-hydrogen) atoms. The Hall–Kier alpha value is -2.95. The van der Waals surface area contributed by atoms with Crippen LogP contribution in [-0.4, -0.2) is 37.2 Å². The Labute approximate surface area is 213 Å². The zero-order valence-electron chi connectivity index (χ0n) is 19.0. The molecule has 0 amide bonds. The van der Waals surface area contributed by atoms with Gasteiger partial charge in [0.2, 0.25) is 0 Å². The number of morpholine rings is 1. The Balaban J connectivity index is 1.57. The molecule has 3 aromatic carbocycles. The van der Waals surface area contributed by atoms with E-state index in [1.54, 1.807) is 6.07 Å². The minimum Gasteiger partial charge on any atom is -0.488 e. The second-order valence-electron chi connectivity index (χ2n) is 8.16. The van der Waals surface area contributed by atoms with Crippen molar-refractivity contribution in [3.05, 3.63) is 98.5 Å². The molecule has 5 nitrogen and oxygen atoms in total. The number of hydrogen-bond donors (Lipinski definition) is 0. The SMILES string of the molecule is O=C(OCc1ccc(F)cc1F)c1cc(Br)c(CN2CCOCC2)cc1OCc1ccc(F)cc1F. The number of carbonyl (C=O) groups is 1. The average Bonchev–Trinajstić information content (AvgIpc) is 2.85. The molecule has 0 unspecified atom stereocenters. The third-order valence-corrected chi connectivity index (χ3v) is 6.38. The van der Waals surface area contributed by atoms with Gasteiger partial charge in [0.25, 0.3) is 0 Å². The summed E-state index contributed by atoms with van der Waals surface area (Å²) in [4.78, 5) is 15.1. The van der Waals surface area contributed by atoms with Gasteiger partial charge in [0, 0.05) is 47.4 Å². The van der Waals surface area contributed by atoms with E-state index in [0.717, 1.165) is 36.9 Å². The standard InChI is InChI=1S/C26H22BrF4NO4/c27-22-12-21(26(33)36-15-17-2-4-20(29)11-24(17)31)25(9-18(22)13-32-5-7-34-8-6-32)35-14-16-1-3-19(28)10-23(16)30/h1-4,9-12H,5-8,13-15H2. The number of rotatable bonds is 8. The van der Waals surface area contributed by atoms with Gasteiger partial charge in [0.1, 0.15) is 47.8 Å². The average molecular weight is 568 g/mol. The summed E-state index contributed by atoms with van der Waals surface area (Å²) in [6, 6.07) is 9.24. The monoisotopic (exact) mass is 567 g/mol. The molecular weight excluding hydrogens is 546 g/mol. The van der Waals surface area contributed by atoms with Crippen LogP contribution in [-0.2, 0) is 29.2 Å². The highest BCUT2D eigenvalue weighted by Gasteiger charge is 2.21. The molecule has 1 heterocycles. The molecule has 0 atom stereocenters. The van der Waals surface area contributed by atoms with Gasteiger partial charge in [-0.3, -0.25) is 4.90 Å². The largest absolute Gasteiger partial charge is 0.488 e. The lowest BCUT2D eigenvalue weighted by molar-refractivity contribution is 0.0340. The van der Waals surface area contributed by atoms with E-state index >= 15 is 0 Å². The first-order chi connectivity index (χ1) is 17.3. The Bertz CT molecular complexity index is 1250. The smallest absolute Gasteiger partial charge is 0.342 e. The maximum absolute atomic E-state index is 14.1. The molecular formula is C26H22BrF4NO4. The second kappa shape index (κ2) is 11.9. The molecule has 0 bridgehead atoms. The number of ether oxygens (including phenoxy) is 3. The third-order valence-electron chi connectivity index (χ3n) is 5.64. The number of halogens is 5. The maximum atomic E-state index is 14.1. The predicted octanol–water partition coefficient (Wildman–Crippen LogP) is 5.77. The third kappa shape index (κ3) is 6.63. The molecule has 10 heteroatoms. The van der Waals surface area contributed by atoms with Crippen molar-refractivity contribution in [1.82, 2.24) is 4.90 Å². The van der Waals surface area contributed by atoms with Crippen LogP contribution in [0.25, 0.3) is 0 Å². The highest BCUT2D eigenvalue weighted by Crippen LogP contribution is 2.31. The van der Waals surface area contributed by atoms with E-state index in [0.29, 0.717) is 30.3 Å². The molecule has 1 aliphatic rings. The van der Waals surface area contributed by atoms with Crippen LogP contribution >= 0.6 is 15.9 Å². The highest BCUT2D eigenvalue weighted by molar-refractivity contribution is 9.10. The molecule has 190 valence electrons. The van der Waals surface area contributed by atoms with Crippen molar-refractivity contribution >= 4 is 21.9 Å². The van der Waals surface area contributed by atoms with E-state index in [4.69, 9.17) is 14.2 Å². The molecule has 1 aliphatic heterocycles. The maximum Gasteiger partial charge on any atom is 0.342 e. The molecule has 0 aliphatic carbocycles. The van der Waals surface area contributed by atoms with Crippen molar-refractivity contribution in [3.8, 4) is 5.75 Å². The molecule has 0 aromatic heterocycles. The first-order valence-corrected chi connectivity index (χ1v) is 11.9. The molecule has 0 spiro atoms. The van der Waals surface area contributed by atoms with Crippen molar-refractivity contribution in [2.45, 2.75) is 19.8 Å². The summed E-state index contributed by atoms with van der Waals surface area (Å²) in [5.41, 5.74) is 0.940. The van der Waals surface area contributed by atoms with E-state index in [-0.39, 0.29) is 29.0 Å². The number of hydrogen-bond acceptors (Lipinski definition) is 5. The Morgan fingerprint density at radius 3 is 2.08 bits per heavy atom. The molecule has 0 saturated carbocycles. The van der Waals surface area contributed by atoms with Crippen LogP contribution in [0.1, 0.15) is 27.0 Å². The van der Waals surface area contributed by atoms with Crippen molar-refractivity contribution in [2.24, 2.45) is 0 Å². The van der Waals surface area contributed by atoms with Gasteiger partial charge in [-0.25, -0.2) is 22.4 Å². The van der Waals surface area contributed by atoms with Crippen LogP contribution < -0.4 is 4.74 Å². The van der Waals surface area contributed by atoms with Gasteiger partial charge in [-0.15, -0.1) is 0 Å². The summed E-state index contributed by atoms with van der Waals surface area (Å²) in [7, 11) is 0.